The van der Waals surface area contributed by atoms with Crippen molar-refractivity contribution in [3.8, 4) is 0 Å². The van der Waals surface area contributed by atoms with Gasteiger partial charge in [0.1, 0.15) is 23.1 Å². The smallest absolute Gasteiger partial charge is 0.341 e. The van der Waals surface area contributed by atoms with Crippen molar-refractivity contribution in [2.75, 3.05) is 24.5 Å². The van der Waals surface area contributed by atoms with Gasteiger partial charge in [0.25, 0.3) is 0 Å². The van der Waals surface area contributed by atoms with Crippen molar-refractivity contribution < 1.29 is 49.3 Å². The Labute approximate surface area is 214 Å². The molecule has 4 rings (SSSR count). The number of aromatic carboxylic acids is 3. The maximum absolute atomic E-state index is 15.2. The Morgan fingerprint density at radius 2 is 1.79 bits per heavy atom. The van der Waals surface area contributed by atoms with Crippen molar-refractivity contribution in [3.05, 3.63) is 75.1 Å². The number of rotatable bonds is 5. The van der Waals surface area contributed by atoms with Crippen molar-refractivity contribution in [1.29, 1.82) is 0 Å². The minimum Gasteiger partial charge on any atom is -0.545 e. The second-order valence-corrected chi connectivity index (χ2v) is 8.50. The Bertz CT molecular complexity index is 1410. The van der Waals surface area contributed by atoms with Gasteiger partial charge in [-0.05, 0) is 37.6 Å². The molecule has 1 atom stereocenters. The molecule has 2 aromatic carbocycles. The third-order valence-corrected chi connectivity index (χ3v) is 5.94. The Balaban J connectivity index is 0.000000330. The molecule has 0 radical (unpaired) electrons. The van der Waals surface area contributed by atoms with Crippen LogP contribution in [0.3, 0.4) is 0 Å². The number of piperazine rings is 1. The van der Waals surface area contributed by atoms with E-state index in [9.17, 15) is 28.7 Å². The molecule has 0 saturated carbocycles. The van der Waals surface area contributed by atoms with Crippen LogP contribution in [-0.2, 0) is 6.54 Å². The van der Waals surface area contributed by atoms with Gasteiger partial charge >= 0.3 is 11.9 Å². The highest BCUT2D eigenvalue weighted by atomic mass is 19.1. The molecule has 0 spiro atoms. The number of pyridine rings is 1. The third-order valence-electron chi connectivity index (χ3n) is 5.94. The number of benzene rings is 2. The van der Waals surface area contributed by atoms with Crippen molar-refractivity contribution in [3.63, 3.8) is 0 Å². The normalized spacial score (nSPS) is 14.7. The predicted octanol–water partition coefficient (Wildman–Crippen LogP) is -0.307. The molecule has 38 heavy (non-hydrogen) atoms. The van der Waals surface area contributed by atoms with Crippen LogP contribution in [0.15, 0.2) is 41.3 Å². The first-order valence-corrected chi connectivity index (χ1v) is 11.4. The maximum atomic E-state index is 15.2. The summed E-state index contributed by atoms with van der Waals surface area (Å²) in [5, 5.41) is 29.8. The van der Waals surface area contributed by atoms with E-state index in [1.54, 1.807) is 11.8 Å². The summed E-state index contributed by atoms with van der Waals surface area (Å²) in [4.78, 5) is 45.9. The van der Waals surface area contributed by atoms with Gasteiger partial charge in [-0.1, -0.05) is 12.1 Å². The summed E-state index contributed by atoms with van der Waals surface area (Å²) in [6, 6.07) is 6.16. The van der Waals surface area contributed by atoms with Crippen molar-refractivity contribution in [2.45, 2.75) is 26.4 Å². The van der Waals surface area contributed by atoms with Gasteiger partial charge in [-0.2, -0.15) is 0 Å². The highest BCUT2D eigenvalue weighted by Gasteiger charge is 2.28. The number of hydrogen-bond donors (Lipinski definition) is 3. The van der Waals surface area contributed by atoms with Gasteiger partial charge in [-0.15, -0.1) is 0 Å². The van der Waals surface area contributed by atoms with E-state index in [-0.39, 0.29) is 45.8 Å². The fraction of sp³-hybridized carbons (Fsp3) is 0.280. The summed E-state index contributed by atoms with van der Waals surface area (Å²) in [5.74, 6) is -5.61. The molecule has 0 bridgehead atoms. The van der Waals surface area contributed by atoms with Crippen LogP contribution < -0.4 is 20.8 Å². The minimum atomic E-state index is -1.42. The molecule has 11 nitrogen and oxygen atoms in total. The molecule has 1 aliphatic rings. The van der Waals surface area contributed by atoms with Crippen molar-refractivity contribution >= 4 is 34.5 Å². The number of carbonyl (C=O) groups excluding carboxylic acids is 1. The second kappa shape index (κ2) is 12.3. The first-order valence-electron chi connectivity index (χ1n) is 11.4. The Hall–Kier alpha value is -4.36. The molecule has 3 aromatic rings. The zero-order chi connectivity index (χ0) is 27.4. The van der Waals surface area contributed by atoms with Crippen LogP contribution in [0.5, 0.6) is 0 Å². The van der Waals surface area contributed by atoms with E-state index >= 15 is 4.39 Å². The van der Waals surface area contributed by atoms with Gasteiger partial charge in [-0.3, -0.25) is 4.79 Å². The minimum absolute atomic E-state index is 0. The third kappa shape index (κ3) is 6.12. The fourth-order valence-electron chi connectivity index (χ4n) is 4.18. The Morgan fingerprint density at radius 1 is 1.13 bits per heavy atom. The number of aromatic nitrogens is 1. The zero-order valence-electron chi connectivity index (χ0n) is 20.5. The van der Waals surface area contributed by atoms with Gasteiger partial charge in [0.05, 0.1) is 42.1 Å². The number of nitrogens with two attached hydrogens (primary N) is 1. The molecule has 0 unspecified atom stereocenters. The standard InChI is InChI=1S/C17H19F2N3O3.C8H6O4.H2O/c1-3-21-8-11(17(24)25)16(23)10-6-12(18)15(13(19)14(10)21)22-5-4-20-9(2)7-22;9-7(10)5-2-1-3-6(4-5)8(11)12;/h6,8-9,20H,3-5,7H2,1-2H3,(H,24,25);1-4H,(H,9,10)(H,11,12);1H2/t9-;;/m0../s1. The van der Waals surface area contributed by atoms with Crippen LogP contribution in [0.2, 0.25) is 0 Å². The zero-order valence-corrected chi connectivity index (χ0v) is 20.5. The van der Waals surface area contributed by atoms with E-state index in [1.807, 2.05) is 6.92 Å². The first-order chi connectivity index (χ1) is 17.5. The van der Waals surface area contributed by atoms with E-state index < -0.39 is 40.5 Å². The summed E-state index contributed by atoms with van der Waals surface area (Å²) in [6.45, 7) is 5.64. The lowest BCUT2D eigenvalue weighted by molar-refractivity contribution is -0.687. The lowest BCUT2D eigenvalue weighted by Gasteiger charge is -2.32. The quantitative estimate of drug-likeness (QED) is 0.397. The van der Waals surface area contributed by atoms with Gasteiger partial charge in [-0.25, -0.2) is 18.4 Å². The predicted molar refractivity (Wildman–Crippen MR) is 131 cm³/mol. The molecular formula is C25H27F2N3O8. The van der Waals surface area contributed by atoms with Gasteiger partial charge in [0.2, 0.25) is 5.43 Å². The van der Waals surface area contributed by atoms with Gasteiger partial charge in [0, 0.05) is 12.7 Å². The van der Waals surface area contributed by atoms with Crippen LogP contribution in [0.4, 0.5) is 14.5 Å². The largest absolute Gasteiger partial charge is 0.545 e. The Kier molecular flexibility index (Phi) is 9.63. The molecule has 204 valence electrons. The first kappa shape index (κ1) is 29.9. The lowest BCUT2D eigenvalue weighted by Crippen LogP contribution is -2.94. The number of hydrogen-bond acceptors (Lipinski definition) is 6. The molecule has 1 saturated heterocycles. The van der Waals surface area contributed by atoms with Gasteiger partial charge < -0.3 is 40.4 Å². The molecule has 1 fully saturated rings. The number of fused-ring (bicyclic) bond motifs is 1. The molecule has 1 aliphatic heterocycles. The molecule has 13 heteroatoms. The average molecular weight is 536 g/mol. The summed E-state index contributed by atoms with van der Waals surface area (Å²) in [6.07, 6.45) is 1.12. The molecule has 6 N–H and O–H groups in total. The van der Waals surface area contributed by atoms with Crippen LogP contribution in [0.25, 0.3) is 10.9 Å². The summed E-state index contributed by atoms with van der Waals surface area (Å²) < 4.78 is 31.2. The van der Waals surface area contributed by atoms with Crippen LogP contribution in [0.1, 0.15) is 44.9 Å². The van der Waals surface area contributed by atoms with E-state index in [4.69, 9.17) is 10.2 Å². The molecule has 1 aromatic heterocycles. The maximum Gasteiger partial charge on any atom is 0.341 e. The number of aryl methyl sites for hydroxylation is 1. The van der Waals surface area contributed by atoms with Crippen LogP contribution in [0, 0.1) is 11.6 Å². The summed E-state index contributed by atoms with van der Waals surface area (Å²) >= 11 is 0. The van der Waals surface area contributed by atoms with Crippen molar-refractivity contribution in [1.82, 2.24) is 4.57 Å². The lowest BCUT2D eigenvalue weighted by atomic mass is 10.1. The van der Waals surface area contributed by atoms with Crippen LogP contribution >= 0.6 is 0 Å². The monoisotopic (exact) mass is 535 g/mol. The number of quaternary nitrogens is 1. The highest BCUT2D eigenvalue weighted by Crippen LogP contribution is 2.30. The molecular weight excluding hydrogens is 508 g/mol. The number of carbonyl (C=O) groups is 3. The second-order valence-electron chi connectivity index (χ2n) is 8.50. The van der Waals surface area contributed by atoms with Crippen molar-refractivity contribution in [2.24, 2.45) is 0 Å². The number of carboxylic acid groups (broad SMARTS) is 3. The number of halogens is 2. The Morgan fingerprint density at radius 3 is 2.34 bits per heavy atom. The van der Waals surface area contributed by atoms with E-state index in [0.29, 0.717) is 13.1 Å². The van der Waals surface area contributed by atoms with Gasteiger partial charge in [0.15, 0.2) is 5.82 Å². The number of nitrogens with zero attached hydrogens (tertiary/aromatic N) is 2. The molecule has 0 aliphatic carbocycles. The average Bonchev–Trinajstić information content (AvgIpc) is 2.85. The highest BCUT2D eigenvalue weighted by molar-refractivity contribution is 5.94. The number of carboxylic acids is 3. The van der Waals surface area contributed by atoms with E-state index in [1.165, 1.54) is 22.8 Å². The number of anilines is 1. The topological polar surface area (TPSA) is 188 Å². The van der Waals surface area contributed by atoms with E-state index in [0.717, 1.165) is 24.9 Å². The molecule has 2 heterocycles. The summed E-state index contributed by atoms with van der Waals surface area (Å²) in [5.41, 5.74) is -1.78. The van der Waals surface area contributed by atoms with E-state index in [2.05, 4.69) is 5.32 Å². The summed E-state index contributed by atoms with van der Waals surface area (Å²) in [7, 11) is 0. The SMILES string of the molecule is CCn1cc(C(=O)O)c(=O)c2cc(F)c(N3CC[NH2+][C@@H](C)C3)c(F)c21.O.O=C([O-])c1cccc(C(=O)O)c1. The fourth-order valence-corrected chi connectivity index (χ4v) is 4.18. The van der Waals surface area contributed by atoms with Crippen LogP contribution in [-0.4, -0.2) is 63.8 Å². The molecule has 0 amide bonds.